The molecule has 0 amide bonds. The summed E-state index contributed by atoms with van der Waals surface area (Å²) >= 11 is 2.55. The van der Waals surface area contributed by atoms with Crippen LogP contribution in [0.15, 0.2) is 69.7 Å². The molecule has 4 rings (SSSR count). The minimum atomic E-state index is -3.56. The average molecular weight is 429 g/mol. The van der Waals surface area contributed by atoms with E-state index in [1.54, 1.807) is 17.9 Å². The quantitative estimate of drug-likeness (QED) is 0.436. The summed E-state index contributed by atoms with van der Waals surface area (Å²) in [6, 6.07) is 17.1. The molecule has 142 valence electrons. The van der Waals surface area contributed by atoms with E-state index < -0.39 is 9.84 Å². The lowest BCUT2D eigenvalue weighted by Crippen LogP contribution is -2.05. The molecule has 0 bridgehead atoms. The molecular weight excluding hydrogens is 412 g/mol. The standard InChI is InChI=1S/C20H16N2O3S3/c1-25-17-9-5-8-15(10-17)19-21-16(11-26-19)13-28(23,24)20-22-18(12-27-20)14-6-3-2-4-7-14/h2-12H,13H2,1H3. The van der Waals surface area contributed by atoms with E-state index in [1.165, 1.54) is 11.3 Å². The Kier molecular flexibility index (Phi) is 5.25. The summed E-state index contributed by atoms with van der Waals surface area (Å²) in [6.45, 7) is 0. The number of aromatic nitrogens is 2. The van der Waals surface area contributed by atoms with Gasteiger partial charge in [-0.1, -0.05) is 42.5 Å². The zero-order chi connectivity index (χ0) is 19.6. The first kappa shape index (κ1) is 18.8. The highest BCUT2D eigenvalue weighted by atomic mass is 32.2. The number of sulfone groups is 1. The van der Waals surface area contributed by atoms with Crippen LogP contribution in [0.3, 0.4) is 0 Å². The molecule has 0 aliphatic carbocycles. The summed E-state index contributed by atoms with van der Waals surface area (Å²) in [4.78, 5) is 8.82. The van der Waals surface area contributed by atoms with Gasteiger partial charge in [-0.15, -0.1) is 22.7 Å². The molecule has 0 saturated carbocycles. The van der Waals surface area contributed by atoms with Crippen LogP contribution >= 0.6 is 22.7 Å². The van der Waals surface area contributed by atoms with Crippen molar-refractivity contribution in [3.05, 3.63) is 71.1 Å². The van der Waals surface area contributed by atoms with Crippen molar-refractivity contribution in [3.63, 3.8) is 0 Å². The second kappa shape index (κ2) is 7.83. The number of benzene rings is 2. The van der Waals surface area contributed by atoms with E-state index in [9.17, 15) is 8.42 Å². The summed E-state index contributed by atoms with van der Waals surface area (Å²) in [5, 5.41) is 4.30. The fraction of sp³-hybridized carbons (Fsp3) is 0.100. The van der Waals surface area contributed by atoms with Crippen LogP contribution in [0, 0.1) is 0 Å². The molecule has 0 aliphatic heterocycles. The normalized spacial score (nSPS) is 11.5. The van der Waals surface area contributed by atoms with E-state index in [-0.39, 0.29) is 10.1 Å². The minimum Gasteiger partial charge on any atom is -0.497 e. The number of rotatable bonds is 6. The van der Waals surface area contributed by atoms with Gasteiger partial charge in [0.25, 0.3) is 0 Å². The van der Waals surface area contributed by atoms with Crippen LogP contribution < -0.4 is 4.74 Å². The smallest absolute Gasteiger partial charge is 0.211 e. The number of thiazole rings is 2. The molecule has 0 spiro atoms. The Balaban J connectivity index is 1.56. The predicted octanol–water partition coefficient (Wildman–Crippen LogP) is 4.92. The Morgan fingerprint density at radius 1 is 0.929 bits per heavy atom. The number of ether oxygens (including phenoxy) is 1. The molecule has 5 nitrogen and oxygen atoms in total. The van der Waals surface area contributed by atoms with Crippen molar-refractivity contribution >= 4 is 32.5 Å². The zero-order valence-corrected chi connectivity index (χ0v) is 17.4. The Bertz CT molecular complexity index is 1200. The average Bonchev–Trinajstić information content (AvgIpc) is 3.39. The van der Waals surface area contributed by atoms with Crippen molar-refractivity contribution < 1.29 is 13.2 Å². The zero-order valence-electron chi connectivity index (χ0n) is 14.9. The van der Waals surface area contributed by atoms with Gasteiger partial charge in [-0.3, -0.25) is 0 Å². The summed E-state index contributed by atoms with van der Waals surface area (Å²) in [5.41, 5.74) is 2.97. The monoisotopic (exact) mass is 428 g/mol. The first-order valence-corrected chi connectivity index (χ1v) is 11.8. The highest BCUT2D eigenvalue weighted by Crippen LogP contribution is 2.30. The number of hydrogen-bond acceptors (Lipinski definition) is 7. The molecule has 2 aromatic carbocycles. The second-order valence-corrected chi connectivity index (χ2v) is 9.88. The van der Waals surface area contributed by atoms with Gasteiger partial charge in [-0.25, -0.2) is 18.4 Å². The van der Waals surface area contributed by atoms with Crippen molar-refractivity contribution in [3.8, 4) is 27.6 Å². The summed E-state index contributed by atoms with van der Waals surface area (Å²) < 4.78 is 30.9. The molecule has 0 radical (unpaired) electrons. The molecule has 28 heavy (non-hydrogen) atoms. The van der Waals surface area contributed by atoms with Crippen LogP contribution in [0.2, 0.25) is 0 Å². The third kappa shape index (κ3) is 3.99. The van der Waals surface area contributed by atoms with Gasteiger partial charge < -0.3 is 4.74 Å². The molecule has 2 aromatic heterocycles. The van der Waals surface area contributed by atoms with Crippen LogP contribution in [0.25, 0.3) is 21.8 Å². The largest absolute Gasteiger partial charge is 0.497 e. The Morgan fingerprint density at radius 2 is 1.71 bits per heavy atom. The first-order valence-electron chi connectivity index (χ1n) is 8.38. The van der Waals surface area contributed by atoms with Gasteiger partial charge in [0.05, 0.1) is 18.5 Å². The van der Waals surface area contributed by atoms with Crippen molar-refractivity contribution in [2.75, 3.05) is 7.11 Å². The third-order valence-corrected chi connectivity index (χ3v) is 7.95. The molecule has 0 atom stereocenters. The molecule has 0 aliphatic rings. The van der Waals surface area contributed by atoms with Crippen LogP contribution in [0.5, 0.6) is 5.75 Å². The maximum Gasteiger partial charge on any atom is 0.211 e. The second-order valence-electron chi connectivity index (χ2n) is 6.00. The van der Waals surface area contributed by atoms with E-state index in [4.69, 9.17) is 4.74 Å². The predicted molar refractivity (Wildman–Crippen MR) is 113 cm³/mol. The van der Waals surface area contributed by atoms with Crippen LogP contribution in [0.1, 0.15) is 5.69 Å². The number of hydrogen-bond donors (Lipinski definition) is 0. The Morgan fingerprint density at radius 3 is 2.50 bits per heavy atom. The van der Waals surface area contributed by atoms with E-state index in [2.05, 4.69) is 9.97 Å². The SMILES string of the molecule is COc1cccc(-c2nc(CS(=O)(=O)c3nc(-c4ccccc4)cs3)cs2)c1. The van der Waals surface area contributed by atoms with E-state index in [0.717, 1.165) is 33.2 Å². The highest BCUT2D eigenvalue weighted by molar-refractivity contribution is 7.92. The summed E-state index contributed by atoms with van der Waals surface area (Å²) in [5.74, 6) is 0.563. The fourth-order valence-electron chi connectivity index (χ4n) is 2.66. The molecule has 0 unspecified atom stereocenters. The van der Waals surface area contributed by atoms with Crippen LogP contribution in [-0.4, -0.2) is 25.5 Å². The molecule has 2 heterocycles. The maximum atomic E-state index is 12.8. The molecule has 8 heteroatoms. The van der Waals surface area contributed by atoms with Crippen molar-refractivity contribution in [2.24, 2.45) is 0 Å². The molecular formula is C20H16N2O3S3. The summed E-state index contributed by atoms with van der Waals surface area (Å²) in [7, 11) is -1.95. The van der Waals surface area contributed by atoms with Crippen molar-refractivity contribution in [1.29, 1.82) is 0 Å². The van der Waals surface area contributed by atoms with Gasteiger partial charge in [-0.05, 0) is 12.1 Å². The minimum absolute atomic E-state index is 0.113. The van der Waals surface area contributed by atoms with Gasteiger partial charge in [0.2, 0.25) is 14.2 Å². The lowest BCUT2D eigenvalue weighted by Gasteiger charge is -2.01. The lowest BCUT2D eigenvalue weighted by atomic mass is 10.2. The Hall–Kier alpha value is -2.55. The van der Waals surface area contributed by atoms with Crippen LogP contribution in [0.4, 0.5) is 0 Å². The van der Waals surface area contributed by atoms with Crippen molar-refractivity contribution in [2.45, 2.75) is 10.1 Å². The van der Waals surface area contributed by atoms with Gasteiger partial charge in [0.15, 0.2) is 0 Å². The first-order chi connectivity index (χ1) is 13.5. The van der Waals surface area contributed by atoms with Gasteiger partial charge in [0.1, 0.15) is 16.5 Å². The van der Waals surface area contributed by atoms with E-state index >= 15 is 0 Å². The maximum absolute atomic E-state index is 12.8. The molecule has 4 aromatic rings. The number of nitrogens with zero attached hydrogens (tertiary/aromatic N) is 2. The van der Waals surface area contributed by atoms with E-state index in [0.29, 0.717) is 11.4 Å². The lowest BCUT2D eigenvalue weighted by molar-refractivity contribution is 0.415. The Labute approximate surface area is 171 Å². The number of methoxy groups -OCH3 is 1. The molecule has 0 N–H and O–H groups in total. The van der Waals surface area contributed by atoms with Crippen LogP contribution in [-0.2, 0) is 15.6 Å². The fourth-order valence-corrected chi connectivity index (χ4v) is 5.94. The highest BCUT2D eigenvalue weighted by Gasteiger charge is 2.22. The molecule has 0 fully saturated rings. The van der Waals surface area contributed by atoms with Gasteiger partial charge in [-0.2, -0.15) is 0 Å². The van der Waals surface area contributed by atoms with Gasteiger partial charge in [0, 0.05) is 21.9 Å². The molecule has 0 saturated heterocycles. The van der Waals surface area contributed by atoms with E-state index in [1.807, 2.05) is 54.6 Å². The van der Waals surface area contributed by atoms with Crippen molar-refractivity contribution in [1.82, 2.24) is 9.97 Å². The third-order valence-electron chi connectivity index (χ3n) is 4.03. The van der Waals surface area contributed by atoms with Gasteiger partial charge >= 0.3 is 0 Å². The topological polar surface area (TPSA) is 69.2 Å². The summed E-state index contributed by atoms with van der Waals surface area (Å²) in [6.07, 6.45) is 0.